The second-order valence-electron chi connectivity index (χ2n) is 9.12. The van der Waals surface area contributed by atoms with Crippen LogP contribution in [-0.4, -0.2) is 45.0 Å². The highest BCUT2D eigenvalue weighted by atomic mass is 16.7. The quantitative estimate of drug-likeness (QED) is 0.788. The Kier molecular flexibility index (Phi) is 4.84. The number of amides is 1. The van der Waals surface area contributed by atoms with Crippen molar-refractivity contribution >= 4 is 24.6 Å². The Labute approximate surface area is 166 Å². The van der Waals surface area contributed by atoms with Crippen LogP contribution in [0.4, 0.5) is 10.7 Å². The van der Waals surface area contributed by atoms with E-state index in [1.807, 2.05) is 72.7 Å². The summed E-state index contributed by atoms with van der Waals surface area (Å²) < 4.78 is 12.3. The molecule has 8 heteroatoms. The van der Waals surface area contributed by atoms with Crippen LogP contribution in [0.2, 0.25) is 0 Å². The number of benzene rings is 1. The zero-order valence-corrected chi connectivity index (χ0v) is 17.5. The lowest BCUT2D eigenvalue weighted by atomic mass is 9.78. The van der Waals surface area contributed by atoms with Crippen molar-refractivity contribution in [1.29, 1.82) is 0 Å². The van der Waals surface area contributed by atoms with Gasteiger partial charge in [0.2, 0.25) is 5.95 Å². The number of aromatic amines is 1. The summed E-state index contributed by atoms with van der Waals surface area (Å²) in [6, 6.07) is 7.80. The zero-order chi connectivity index (χ0) is 20.9. The van der Waals surface area contributed by atoms with Crippen LogP contribution in [0.1, 0.15) is 48.5 Å². The summed E-state index contributed by atoms with van der Waals surface area (Å²) in [7, 11) is -0.461. The molecule has 1 aliphatic heterocycles. The first-order valence-electron chi connectivity index (χ1n) is 9.36. The summed E-state index contributed by atoms with van der Waals surface area (Å²) in [6.07, 6.45) is 0.583. The molecule has 1 saturated heterocycles. The van der Waals surface area contributed by atoms with Gasteiger partial charge in [-0.3, -0.25) is 0 Å². The molecule has 3 rings (SSSR count). The highest BCUT2D eigenvalue weighted by Crippen LogP contribution is 2.36. The molecule has 150 valence electrons. The number of carboxylic acid groups (broad SMARTS) is 1. The summed E-state index contributed by atoms with van der Waals surface area (Å²) in [5.74, 6) is 0.288. The Morgan fingerprint density at radius 3 is 2.32 bits per heavy atom. The molecule has 7 nitrogen and oxygen atoms in total. The average molecular weight is 385 g/mol. The Balaban J connectivity index is 1.90. The Morgan fingerprint density at radius 1 is 1.18 bits per heavy atom. The van der Waals surface area contributed by atoms with Crippen LogP contribution >= 0.6 is 0 Å². The smallest absolute Gasteiger partial charge is 0.465 e. The summed E-state index contributed by atoms with van der Waals surface area (Å²) in [6.45, 7) is 13.5. The molecule has 0 radical (unpaired) electrons. The normalized spacial score (nSPS) is 18.3. The SMILES string of the molecule is CC(C)(C)N(C(=O)O)c1ncc(-c2cccc(B3OC(C)(C)C(C)(C)O3)c2)[nH]1. The third-order valence-corrected chi connectivity index (χ3v) is 5.36. The molecule has 1 fully saturated rings. The van der Waals surface area contributed by atoms with Gasteiger partial charge in [0, 0.05) is 5.54 Å². The average Bonchev–Trinajstić information content (AvgIpc) is 3.09. The van der Waals surface area contributed by atoms with E-state index in [9.17, 15) is 9.90 Å². The number of rotatable bonds is 3. The van der Waals surface area contributed by atoms with E-state index in [2.05, 4.69) is 9.97 Å². The first-order chi connectivity index (χ1) is 12.8. The minimum absolute atomic E-state index is 0.288. The van der Waals surface area contributed by atoms with Crippen molar-refractivity contribution in [3.8, 4) is 11.3 Å². The van der Waals surface area contributed by atoms with Crippen molar-refractivity contribution in [3.63, 3.8) is 0 Å². The predicted molar refractivity (Wildman–Crippen MR) is 110 cm³/mol. The fourth-order valence-corrected chi connectivity index (χ4v) is 3.10. The van der Waals surface area contributed by atoms with Crippen molar-refractivity contribution in [1.82, 2.24) is 9.97 Å². The van der Waals surface area contributed by atoms with Gasteiger partial charge < -0.3 is 19.4 Å². The molecule has 2 heterocycles. The van der Waals surface area contributed by atoms with Crippen molar-refractivity contribution in [2.45, 2.75) is 65.2 Å². The minimum Gasteiger partial charge on any atom is -0.465 e. The summed E-state index contributed by atoms with van der Waals surface area (Å²) in [5.41, 5.74) is 1.06. The number of imidazole rings is 1. The topological polar surface area (TPSA) is 87.7 Å². The van der Waals surface area contributed by atoms with Crippen LogP contribution in [0.15, 0.2) is 30.5 Å². The fraction of sp³-hybridized carbons (Fsp3) is 0.500. The van der Waals surface area contributed by atoms with Crippen LogP contribution in [0.25, 0.3) is 11.3 Å². The van der Waals surface area contributed by atoms with Crippen molar-refractivity contribution in [3.05, 3.63) is 30.5 Å². The maximum absolute atomic E-state index is 11.7. The van der Waals surface area contributed by atoms with Gasteiger partial charge in [-0.15, -0.1) is 0 Å². The zero-order valence-electron chi connectivity index (χ0n) is 17.5. The molecule has 0 unspecified atom stereocenters. The lowest BCUT2D eigenvalue weighted by molar-refractivity contribution is 0.00578. The predicted octanol–water partition coefficient (Wildman–Crippen LogP) is 3.66. The number of H-pyrrole nitrogens is 1. The largest absolute Gasteiger partial charge is 0.494 e. The van der Waals surface area contributed by atoms with Crippen LogP contribution in [0, 0.1) is 0 Å². The van der Waals surface area contributed by atoms with Gasteiger partial charge in [-0.1, -0.05) is 24.3 Å². The molecule has 0 bridgehead atoms. The van der Waals surface area contributed by atoms with E-state index in [4.69, 9.17) is 9.31 Å². The van der Waals surface area contributed by atoms with Gasteiger partial charge in [0.1, 0.15) is 0 Å². The Morgan fingerprint density at radius 2 is 1.79 bits per heavy atom. The Bertz CT molecular complexity index is 870. The second-order valence-corrected chi connectivity index (χ2v) is 9.12. The lowest BCUT2D eigenvalue weighted by Crippen LogP contribution is -2.45. The van der Waals surface area contributed by atoms with Gasteiger partial charge >= 0.3 is 13.2 Å². The number of hydrogen-bond donors (Lipinski definition) is 2. The van der Waals surface area contributed by atoms with Crippen LogP contribution < -0.4 is 10.4 Å². The van der Waals surface area contributed by atoms with Gasteiger partial charge in [0.15, 0.2) is 0 Å². The molecule has 0 spiro atoms. The van der Waals surface area contributed by atoms with E-state index in [1.54, 1.807) is 6.20 Å². The maximum Gasteiger partial charge on any atom is 0.494 e. The molecule has 2 N–H and O–H groups in total. The Hall–Kier alpha value is -2.32. The number of carbonyl (C=O) groups is 1. The van der Waals surface area contributed by atoms with Gasteiger partial charge in [0.05, 0.1) is 23.1 Å². The van der Waals surface area contributed by atoms with Gasteiger partial charge in [-0.25, -0.2) is 14.7 Å². The van der Waals surface area contributed by atoms with Gasteiger partial charge in [-0.2, -0.15) is 0 Å². The fourth-order valence-electron chi connectivity index (χ4n) is 3.10. The summed E-state index contributed by atoms with van der Waals surface area (Å²) in [4.78, 5) is 20.3. The van der Waals surface area contributed by atoms with Gasteiger partial charge in [0.25, 0.3) is 0 Å². The van der Waals surface area contributed by atoms with Crippen LogP contribution in [0.3, 0.4) is 0 Å². The first-order valence-corrected chi connectivity index (χ1v) is 9.36. The minimum atomic E-state index is -1.06. The van der Waals surface area contributed by atoms with E-state index in [-0.39, 0.29) is 5.95 Å². The molecule has 1 amide bonds. The van der Waals surface area contributed by atoms with E-state index in [1.165, 1.54) is 4.90 Å². The van der Waals surface area contributed by atoms with E-state index in [0.717, 1.165) is 16.7 Å². The first kappa shape index (κ1) is 20.4. The van der Waals surface area contributed by atoms with Gasteiger partial charge in [-0.05, 0) is 59.5 Å². The molecule has 1 aromatic carbocycles. The molecule has 1 aromatic heterocycles. The van der Waals surface area contributed by atoms with E-state index in [0.29, 0.717) is 0 Å². The third-order valence-electron chi connectivity index (χ3n) is 5.36. The van der Waals surface area contributed by atoms with E-state index < -0.39 is 30.0 Å². The van der Waals surface area contributed by atoms with Crippen molar-refractivity contribution < 1.29 is 19.2 Å². The number of aromatic nitrogens is 2. The van der Waals surface area contributed by atoms with Crippen LogP contribution in [-0.2, 0) is 9.31 Å². The molecule has 1 aliphatic rings. The summed E-state index contributed by atoms with van der Waals surface area (Å²) >= 11 is 0. The van der Waals surface area contributed by atoms with Crippen molar-refractivity contribution in [2.24, 2.45) is 0 Å². The molecule has 0 atom stereocenters. The second kappa shape index (κ2) is 6.63. The van der Waals surface area contributed by atoms with Crippen molar-refractivity contribution in [2.75, 3.05) is 4.90 Å². The molecule has 28 heavy (non-hydrogen) atoms. The number of hydrogen-bond acceptors (Lipinski definition) is 4. The third kappa shape index (κ3) is 3.66. The molecule has 2 aromatic rings. The highest BCUT2D eigenvalue weighted by Gasteiger charge is 2.51. The van der Waals surface area contributed by atoms with Crippen LogP contribution in [0.5, 0.6) is 0 Å². The number of nitrogens with one attached hydrogen (secondary N) is 1. The standard InChI is InChI=1S/C20H28BN3O4/c1-18(2,3)24(17(25)26)16-22-12-15(23-16)13-9-8-10-14(11-13)21-27-19(4,5)20(6,7)28-21/h8-12H,1-7H3,(H,22,23)(H,25,26). The molecule has 0 aliphatic carbocycles. The van der Waals surface area contributed by atoms with E-state index >= 15 is 0 Å². The maximum atomic E-state index is 11.7. The lowest BCUT2D eigenvalue weighted by Gasteiger charge is -2.32. The molecular formula is C20H28BN3O4. The molecule has 0 saturated carbocycles. The molecular weight excluding hydrogens is 357 g/mol. The highest BCUT2D eigenvalue weighted by molar-refractivity contribution is 6.62. The monoisotopic (exact) mass is 385 g/mol. The number of anilines is 1. The number of nitrogens with zero attached hydrogens (tertiary/aromatic N) is 2. The summed E-state index contributed by atoms with van der Waals surface area (Å²) in [5, 5.41) is 9.56.